The number of hydrogen-bond acceptors (Lipinski definition) is 3. The first-order chi connectivity index (χ1) is 8.68. The lowest BCUT2D eigenvalue weighted by molar-refractivity contribution is 0.0468. The van der Waals surface area contributed by atoms with Gasteiger partial charge in [0.2, 0.25) is 0 Å². The molecule has 3 heteroatoms. The molecule has 2 nitrogen and oxygen atoms in total. The Kier molecular flexibility index (Phi) is 4.71. The molecule has 0 spiro atoms. The molecule has 0 radical (unpaired) electrons. The molecular weight excluding hydrogens is 244 g/mol. The van der Waals surface area contributed by atoms with Crippen LogP contribution in [0, 0.1) is 5.92 Å². The van der Waals surface area contributed by atoms with Crippen molar-refractivity contribution in [2.45, 2.75) is 48.4 Å². The number of aliphatic hydroxyl groups excluding tert-OH is 2. The van der Waals surface area contributed by atoms with E-state index in [0.29, 0.717) is 0 Å². The molecule has 1 fully saturated rings. The lowest BCUT2D eigenvalue weighted by Gasteiger charge is -2.36. The first kappa shape index (κ1) is 13.9. The molecule has 1 aromatic carbocycles. The molecule has 1 aliphatic rings. The van der Waals surface area contributed by atoms with Gasteiger partial charge in [-0.25, -0.2) is 0 Å². The predicted octanol–water partition coefficient (Wildman–Crippen LogP) is 3.08. The lowest BCUT2D eigenvalue weighted by atomic mass is 9.90. The summed E-state index contributed by atoms with van der Waals surface area (Å²) in [6.07, 6.45) is 4.00. The van der Waals surface area contributed by atoms with Crippen LogP contribution in [0.4, 0.5) is 0 Å². The van der Waals surface area contributed by atoms with Crippen LogP contribution in [0.2, 0.25) is 0 Å². The summed E-state index contributed by atoms with van der Waals surface area (Å²) in [5.41, 5.74) is 0. The molecule has 2 rings (SSSR count). The summed E-state index contributed by atoms with van der Waals surface area (Å²) in [4.78, 5) is 1.21. The Balaban J connectivity index is 2.17. The van der Waals surface area contributed by atoms with Gasteiger partial charge in [-0.3, -0.25) is 0 Å². The zero-order chi connectivity index (χ0) is 13.0. The van der Waals surface area contributed by atoms with Crippen LogP contribution >= 0.6 is 11.8 Å². The van der Waals surface area contributed by atoms with E-state index in [1.165, 1.54) is 17.7 Å². The highest BCUT2D eigenvalue weighted by Gasteiger charge is 2.43. The Hall–Kier alpha value is -0.510. The van der Waals surface area contributed by atoms with Crippen LogP contribution in [0.25, 0.3) is 0 Å². The summed E-state index contributed by atoms with van der Waals surface area (Å²) >= 11 is 1.79. The zero-order valence-corrected chi connectivity index (χ0v) is 11.7. The third-order valence-electron chi connectivity index (χ3n) is 3.88. The molecule has 1 saturated carbocycles. The van der Waals surface area contributed by atoms with E-state index < -0.39 is 6.10 Å². The Morgan fingerprint density at radius 1 is 1.22 bits per heavy atom. The van der Waals surface area contributed by atoms with Crippen LogP contribution in [0.15, 0.2) is 35.2 Å². The van der Waals surface area contributed by atoms with Gasteiger partial charge < -0.3 is 10.2 Å². The van der Waals surface area contributed by atoms with E-state index in [0.717, 1.165) is 12.8 Å². The third kappa shape index (κ3) is 2.90. The van der Waals surface area contributed by atoms with Gasteiger partial charge in [0.05, 0.1) is 6.10 Å². The first-order valence-electron chi connectivity index (χ1n) is 6.71. The van der Waals surface area contributed by atoms with E-state index in [-0.39, 0.29) is 17.3 Å². The summed E-state index contributed by atoms with van der Waals surface area (Å²) in [5.74, 6) is -0.0562. The minimum Gasteiger partial charge on any atom is -0.396 e. The zero-order valence-electron chi connectivity index (χ0n) is 10.9. The summed E-state index contributed by atoms with van der Waals surface area (Å²) in [6, 6.07) is 10.3. The predicted molar refractivity (Wildman–Crippen MR) is 75.8 cm³/mol. The maximum absolute atomic E-state index is 10.5. The van der Waals surface area contributed by atoms with Gasteiger partial charge in [-0.1, -0.05) is 38.0 Å². The van der Waals surface area contributed by atoms with Crippen LogP contribution in [-0.4, -0.2) is 27.7 Å². The van der Waals surface area contributed by atoms with E-state index in [4.69, 9.17) is 0 Å². The highest BCUT2D eigenvalue weighted by Crippen LogP contribution is 2.49. The molecule has 2 N–H and O–H groups in total. The molecule has 18 heavy (non-hydrogen) atoms. The first-order valence-corrected chi connectivity index (χ1v) is 7.52. The van der Waals surface area contributed by atoms with E-state index in [1.54, 1.807) is 11.8 Å². The van der Waals surface area contributed by atoms with Gasteiger partial charge in [-0.2, -0.15) is 0 Å². The molecule has 1 aromatic rings. The summed E-state index contributed by atoms with van der Waals surface area (Å²) in [7, 11) is 0. The second-order valence-electron chi connectivity index (χ2n) is 5.29. The monoisotopic (exact) mass is 266 g/mol. The van der Waals surface area contributed by atoms with Crippen molar-refractivity contribution in [3.05, 3.63) is 30.3 Å². The molecule has 0 aliphatic heterocycles. The van der Waals surface area contributed by atoms with Crippen LogP contribution in [0.3, 0.4) is 0 Å². The third-order valence-corrected chi connectivity index (χ3v) is 5.44. The fourth-order valence-electron chi connectivity index (χ4n) is 2.77. The number of benzene rings is 1. The van der Waals surface area contributed by atoms with Crippen LogP contribution in [0.1, 0.15) is 32.6 Å². The summed E-state index contributed by atoms with van der Waals surface area (Å²) in [6.45, 7) is 1.98. The largest absolute Gasteiger partial charge is 0.396 e. The average molecular weight is 266 g/mol. The molecule has 0 bridgehead atoms. The number of thioether (sulfide) groups is 1. The van der Waals surface area contributed by atoms with Gasteiger partial charge in [-0.05, 0) is 25.0 Å². The molecule has 0 amide bonds. The topological polar surface area (TPSA) is 40.5 Å². The normalized spacial score (nSPS) is 21.7. The van der Waals surface area contributed by atoms with Gasteiger partial charge in [0.15, 0.2) is 0 Å². The van der Waals surface area contributed by atoms with Crippen molar-refractivity contribution in [3.63, 3.8) is 0 Å². The van der Waals surface area contributed by atoms with Crippen molar-refractivity contribution < 1.29 is 10.2 Å². The quantitative estimate of drug-likeness (QED) is 0.860. The lowest BCUT2D eigenvalue weighted by Crippen LogP contribution is -2.42. The molecule has 2 atom stereocenters. The highest BCUT2D eigenvalue weighted by atomic mass is 32.2. The smallest absolute Gasteiger partial charge is 0.0737 e. The number of rotatable bonds is 5. The molecule has 0 saturated heterocycles. The highest BCUT2D eigenvalue weighted by molar-refractivity contribution is 8.00. The average Bonchev–Trinajstić information content (AvgIpc) is 2.88. The van der Waals surface area contributed by atoms with Gasteiger partial charge >= 0.3 is 0 Å². The van der Waals surface area contributed by atoms with Gasteiger partial charge in [0.25, 0.3) is 0 Å². The van der Waals surface area contributed by atoms with Crippen molar-refractivity contribution in [2.75, 3.05) is 6.61 Å². The minimum atomic E-state index is -0.435. The molecule has 100 valence electrons. The molecular formula is C15H22O2S. The molecule has 1 aliphatic carbocycles. The van der Waals surface area contributed by atoms with Crippen molar-refractivity contribution in [1.29, 1.82) is 0 Å². The van der Waals surface area contributed by atoms with E-state index in [2.05, 4.69) is 12.1 Å². The van der Waals surface area contributed by atoms with Crippen molar-refractivity contribution in [1.82, 2.24) is 0 Å². The maximum atomic E-state index is 10.5. The van der Waals surface area contributed by atoms with Gasteiger partial charge in [-0.15, -0.1) is 11.8 Å². The van der Waals surface area contributed by atoms with Crippen molar-refractivity contribution in [2.24, 2.45) is 5.92 Å². The Morgan fingerprint density at radius 2 is 1.83 bits per heavy atom. The number of aliphatic hydroxyl groups is 2. The second kappa shape index (κ2) is 6.09. The fraction of sp³-hybridized carbons (Fsp3) is 0.600. The maximum Gasteiger partial charge on any atom is 0.0737 e. The SMILES string of the molecule is C[C@@H](CO)[C@H](O)C1(Sc2ccccc2)CCCC1. The molecule has 0 heterocycles. The summed E-state index contributed by atoms with van der Waals surface area (Å²) < 4.78 is -0.108. The van der Waals surface area contributed by atoms with E-state index >= 15 is 0 Å². The molecule has 0 aromatic heterocycles. The number of hydrogen-bond donors (Lipinski definition) is 2. The van der Waals surface area contributed by atoms with Crippen molar-refractivity contribution >= 4 is 11.8 Å². The van der Waals surface area contributed by atoms with Crippen LogP contribution in [0.5, 0.6) is 0 Å². The summed E-state index contributed by atoms with van der Waals surface area (Å²) in [5, 5.41) is 19.8. The van der Waals surface area contributed by atoms with Gasteiger partial charge in [0, 0.05) is 22.2 Å². The molecule has 0 unspecified atom stereocenters. The van der Waals surface area contributed by atoms with Gasteiger partial charge in [0.1, 0.15) is 0 Å². The standard InChI is InChI=1S/C15H22O2S/c1-12(11-16)14(17)15(9-5-6-10-15)18-13-7-3-2-4-8-13/h2-4,7-8,12,14,16-17H,5-6,9-11H2,1H3/t12-,14-/m0/s1. The van der Waals surface area contributed by atoms with E-state index in [1.807, 2.05) is 25.1 Å². The second-order valence-corrected chi connectivity index (χ2v) is 6.78. The Labute approximate surface area is 113 Å². The fourth-order valence-corrected chi connectivity index (χ4v) is 4.38. The van der Waals surface area contributed by atoms with Crippen LogP contribution in [-0.2, 0) is 0 Å². The van der Waals surface area contributed by atoms with Crippen LogP contribution < -0.4 is 0 Å². The van der Waals surface area contributed by atoms with Crippen molar-refractivity contribution in [3.8, 4) is 0 Å². The Bertz CT molecular complexity index is 360. The Morgan fingerprint density at radius 3 is 2.39 bits per heavy atom. The van der Waals surface area contributed by atoms with E-state index in [9.17, 15) is 10.2 Å². The minimum absolute atomic E-state index is 0.0538.